The molecule has 9 nitrogen and oxygen atoms in total. The van der Waals surface area contributed by atoms with Gasteiger partial charge in [-0.15, -0.1) is 0 Å². The number of likely N-dealkylation sites (tertiary alicyclic amines) is 1. The number of benzene rings is 2. The van der Waals surface area contributed by atoms with Crippen LogP contribution in [-0.4, -0.2) is 45.8 Å². The lowest BCUT2D eigenvalue weighted by molar-refractivity contribution is -0.123. The van der Waals surface area contributed by atoms with Gasteiger partial charge in [0, 0.05) is 19.2 Å². The smallest absolute Gasteiger partial charge is 0.283 e. The summed E-state index contributed by atoms with van der Waals surface area (Å²) >= 11 is 1.16. The Bertz CT molecular complexity index is 1660. The molecule has 2 aromatic carbocycles. The molecule has 2 aromatic rings. The minimum Gasteiger partial charge on any atom is -0.493 e. The molecule has 3 heterocycles. The maximum absolute atomic E-state index is 12.8. The molecule has 1 saturated heterocycles. The zero-order chi connectivity index (χ0) is 25.9. The van der Waals surface area contributed by atoms with E-state index in [0.29, 0.717) is 33.5 Å². The van der Waals surface area contributed by atoms with E-state index in [0.717, 1.165) is 48.4 Å². The van der Waals surface area contributed by atoms with Gasteiger partial charge < -0.3 is 14.4 Å². The standard InChI is InChI=1S/C27H27N5O4S/c1-17-6-5-7-19(12-17)16-36-21-9-8-18(14-22(21)35-2)13-20-25(28)32-27(29-26(20)34)37-23(30-32)15-24(33)31-10-3-4-11-31/h5-9,12-15,28,30H,3-4,10-11,16H2,1-2H3/b20-13-,23-15+,28-25?. The predicted octanol–water partition coefficient (Wildman–Crippen LogP) is 1.67. The van der Waals surface area contributed by atoms with Crippen LogP contribution in [0.15, 0.2) is 47.3 Å². The number of amides is 1. The molecule has 0 saturated carbocycles. The fraction of sp³-hybridized carbons (Fsp3) is 0.259. The highest BCUT2D eigenvalue weighted by molar-refractivity contribution is 7.11. The van der Waals surface area contributed by atoms with E-state index >= 15 is 0 Å². The highest BCUT2D eigenvalue weighted by atomic mass is 32.1. The summed E-state index contributed by atoms with van der Waals surface area (Å²) in [6.07, 6.45) is 5.11. The van der Waals surface area contributed by atoms with Crippen molar-refractivity contribution < 1.29 is 14.3 Å². The molecule has 3 aliphatic heterocycles. The Morgan fingerprint density at radius 1 is 1.19 bits per heavy atom. The number of hydrogen-bond acceptors (Lipinski definition) is 7. The van der Waals surface area contributed by atoms with Gasteiger partial charge in [-0.3, -0.25) is 20.1 Å². The summed E-state index contributed by atoms with van der Waals surface area (Å²) in [6, 6.07) is 13.4. The van der Waals surface area contributed by atoms with Crippen LogP contribution in [0.4, 0.5) is 0 Å². The molecule has 0 aromatic heterocycles. The lowest BCUT2D eigenvalue weighted by Gasteiger charge is -2.12. The van der Waals surface area contributed by atoms with Gasteiger partial charge in [0.2, 0.25) is 11.0 Å². The summed E-state index contributed by atoms with van der Waals surface area (Å²) < 4.78 is 13.4. The minimum atomic E-state index is -0.517. The molecule has 190 valence electrons. The van der Waals surface area contributed by atoms with Crippen LogP contribution in [0.25, 0.3) is 17.3 Å². The predicted molar refractivity (Wildman–Crippen MR) is 141 cm³/mol. The summed E-state index contributed by atoms with van der Waals surface area (Å²) in [7, 11) is 1.55. The van der Waals surface area contributed by atoms with Crippen molar-refractivity contribution in [2.45, 2.75) is 26.4 Å². The van der Waals surface area contributed by atoms with Crippen LogP contribution in [0.5, 0.6) is 11.5 Å². The highest BCUT2D eigenvalue weighted by Crippen LogP contribution is 2.29. The first-order valence-corrected chi connectivity index (χ1v) is 12.8. The molecule has 0 bridgehead atoms. The summed E-state index contributed by atoms with van der Waals surface area (Å²) in [5, 5.41) is 12.1. The number of hydrogen-bond donors (Lipinski definition) is 2. The van der Waals surface area contributed by atoms with Crippen LogP contribution in [0.3, 0.4) is 0 Å². The number of rotatable bonds is 6. The Hall–Kier alpha value is -4.18. The van der Waals surface area contributed by atoms with Crippen molar-refractivity contribution in [3.63, 3.8) is 0 Å². The molecule has 0 unspecified atom stereocenters. The van der Waals surface area contributed by atoms with E-state index in [1.807, 2.05) is 25.1 Å². The van der Waals surface area contributed by atoms with Crippen LogP contribution in [0.1, 0.15) is 29.5 Å². The van der Waals surface area contributed by atoms with Gasteiger partial charge in [0.1, 0.15) is 11.3 Å². The maximum Gasteiger partial charge on any atom is 0.283 e. The van der Waals surface area contributed by atoms with Crippen LogP contribution < -0.4 is 30.4 Å². The molecule has 1 amide bonds. The summed E-state index contributed by atoms with van der Waals surface area (Å²) in [5.41, 5.74) is 2.31. The largest absolute Gasteiger partial charge is 0.493 e. The van der Waals surface area contributed by atoms with E-state index in [1.165, 1.54) is 10.8 Å². The van der Waals surface area contributed by atoms with Gasteiger partial charge in [-0.1, -0.05) is 47.2 Å². The molecule has 2 N–H and O–H groups in total. The monoisotopic (exact) mass is 517 g/mol. The van der Waals surface area contributed by atoms with E-state index in [1.54, 1.807) is 36.3 Å². The van der Waals surface area contributed by atoms with Gasteiger partial charge in [-0.05, 0) is 49.1 Å². The second kappa shape index (κ2) is 10.4. The van der Waals surface area contributed by atoms with Crippen molar-refractivity contribution in [3.8, 4) is 16.6 Å². The van der Waals surface area contributed by atoms with Gasteiger partial charge in [0.25, 0.3) is 5.56 Å². The molecule has 10 heteroatoms. The number of carbonyl (C=O) groups is 1. The summed E-state index contributed by atoms with van der Waals surface area (Å²) in [5.74, 6) is 1.01. The number of aromatic amines is 1. The first-order chi connectivity index (χ1) is 17.9. The number of aryl methyl sites for hydroxylation is 1. The molecule has 0 radical (unpaired) electrons. The molecule has 5 rings (SSSR count). The van der Waals surface area contributed by atoms with E-state index in [9.17, 15) is 9.59 Å². The second-order valence-corrected chi connectivity index (χ2v) is 9.89. The third-order valence-corrected chi connectivity index (χ3v) is 7.05. The Morgan fingerprint density at radius 3 is 2.76 bits per heavy atom. The van der Waals surface area contributed by atoms with E-state index in [-0.39, 0.29) is 16.6 Å². The molecular formula is C27H27N5O4S. The normalized spacial score (nSPS) is 14.5. The van der Waals surface area contributed by atoms with E-state index < -0.39 is 5.56 Å². The summed E-state index contributed by atoms with van der Waals surface area (Å²) in [4.78, 5) is 31.2. The third-order valence-electron chi connectivity index (χ3n) is 6.17. The van der Waals surface area contributed by atoms with Gasteiger partial charge in [-0.25, -0.2) is 4.68 Å². The number of nitrogens with zero attached hydrogens (tertiary/aromatic N) is 3. The molecule has 0 atom stereocenters. The van der Waals surface area contributed by atoms with Crippen molar-refractivity contribution in [2.24, 2.45) is 0 Å². The second-order valence-electron chi connectivity index (χ2n) is 8.88. The van der Waals surface area contributed by atoms with Crippen LogP contribution in [0, 0.1) is 12.3 Å². The number of fused-ring (bicyclic) bond motifs is 1. The van der Waals surface area contributed by atoms with Crippen LogP contribution in [0.2, 0.25) is 0 Å². The van der Waals surface area contributed by atoms with Crippen molar-refractivity contribution >= 4 is 29.4 Å². The number of carbonyl (C=O) groups excluding carboxylic acids is 1. The topological polar surface area (TPSA) is 113 Å². The number of aromatic nitrogens is 3. The van der Waals surface area contributed by atoms with Crippen molar-refractivity contribution in [3.05, 3.63) is 84.9 Å². The third kappa shape index (κ3) is 5.34. The molecule has 0 spiro atoms. The first kappa shape index (κ1) is 24.5. The SMILES string of the molecule is COc1cc(/C=c2\c(=O)nc3s/c(=C/C(=O)N4CCCC4)[nH]n-3c2=N)ccc1OCc1cccc(C)c1. The zero-order valence-electron chi connectivity index (χ0n) is 20.6. The molecular weight excluding hydrogens is 490 g/mol. The van der Waals surface area contributed by atoms with Crippen molar-refractivity contribution in [1.82, 2.24) is 19.7 Å². The lowest BCUT2D eigenvalue weighted by Crippen LogP contribution is -2.47. The molecule has 0 aliphatic carbocycles. The fourth-order valence-electron chi connectivity index (χ4n) is 4.27. The molecule has 37 heavy (non-hydrogen) atoms. The van der Waals surface area contributed by atoms with Crippen LogP contribution >= 0.6 is 11.3 Å². The van der Waals surface area contributed by atoms with E-state index in [4.69, 9.17) is 14.9 Å². The Balaban J connectivity index is 1.45. The minimum absolute atomic E-state index is 0.0433. The van der Waals surface area contributed by atoms with Crippen molar-refractivity contribution in [2.75, 3.05) is 20.2 Å². The highest BCUT2D eigenvalue weighted by Gasteiger charge is 2.17. The number of nitrogens with one attached hydrogen (secondary N) is 2. The number of H-pyrrole nitrogens is 1. The van der Waals surface area contributed by atoms with Gasteiger partial charge in [0.05, 0.1) is 12.3 Å². The Kier molecular flexibility index (Phi) is 6.91. The van der Waals surface area contributed by atoms with Gasteiger partial charge >= 0.3 is 0 Å². The molecule has 3 aliphatic rings. The average Bonchev–Trinajstić information content (AvgIpc) is 3.56. The van der Waals surface area contributed by atoms with Gasteiger partial charge in [0.15, 0.2) is 17.0 Å². The van der Waals surface area contributed by atoms with Crippen molar-refractivity contribution in [1.29, 1.82) is 5.41 Å². The quantitative estimate of drug-likeness (QED) is 0.404. The lowest BCUT2D eigenvalue weighted by atomic mass is 10.1. The average molecular weight is 518 g/mol. The summed E-state index contributed by atoms with van der Waals surface area (Å²) in [6.45, 7) is 3.93. The van der Waals surface area contributed by atoms with Gasteiger partial charge in [-0.2, -0.15) is 4.98 Å². The first-order valence-electron chi connectivity index (χ1n) is 12.0. The Morgan fingerprint density at radius 2 is 2.00 bits per heavy atom. The zero-order valence-corrected chi connectivity index (χ0v) is 21.4. The fourth-order valence-corrected chi connectivity index (χ4v) is 5.12. The van der Waals surface area contributed by atoms with Crippen LogP contribution in [-0.2, 0) is 11.4 Å². The number of methoxy groups -OCH3 is 1. The van der Waals surface area contributed by atoms with E-state index in [2.05, 4.69) is 16.1 Å². The number of ether oxygens (including phenoxy) is 2. The Labute approximate surface area is 216 Å². The molecule has 1 fully saturated rings. The maximum atomic E-state index is 12.8.